The van der Waals surface area contributed by atoms with Crippen molar-refractivity contribution in [2.75, 3.05) is 6.61 Å². The fourth-order valence-electron chi connectivity index (χ4n) is 3.33. The van der Waals surface area contributed by atoms with E-state index in [0.29, 0.717) is 28.3 Å². The zero-order valence-corrected chi connectivity index (χ0v) is 17.4. The average Bonchev–Trinajstić information content (AvgIpc) is 3.16. The molecule has 148 valence electrons. The Hall–Kier alpha value is -3.22. The fourth-order valence-corrected chi connectivity index (χ4v) is 3.64. The number of benzene rings is 2. The van der Waals surface area contributed by atoms with Crippen molar-refractivity contribution < 1.29 is 4.74 Å². The third-order valence-electron chi connectivity index (χ3n) is 4.70. The van der Waals surface area contributed by atoms with E-state index in [-0.39, 0.29) is 0 Å². The van der Waals surface area contributed by atoms with Gasteiger partial charge in [0, 0.05) is 23.3 Å². The lowest BCUT2D eigenvalue weighted by Crippen LogP contribution is -2.02. The summed E-state index contributed by atoms with van der Waals surface area (Å²) in [6, 6.07) is 13.1. The molecule has 5 rings (SSSR count). The summed E-state index contributed by atoms with van der Waals surface area (Å²) in [6.07, 6.45) is 5.16. The van der Waals surface area contributed by atoms with Gasteiger partial charge in [-0.05, 0) is 49.4 Å². The maximum atomic E-state index is 6.28. The number of hydrogen-bond acceptors (Lipinski definition) is 5. The number of ether oxygens (including phenoxy) is 1. The molecule has 8 heteroatoms. The van der Waals surface area contributed by atoms with Gasteiger partial charge in [0.25, 0.3) is 0 Å². The van der Waals surface area contributed by atoms with Crippen molar-refractivity contribution in [2.45, 2.75) is 6.92 Å². The number of hydrogen-bond donors (Lipinski definition) is 0. The molecule has 0 unspecified atom stereocenters. The van der Waals surface area contributed by atoms with Crippen molar-refractivity contribution >= 4 is 45.1 Å². The molecule has 0 aliphatic carbocycles. The first kappa shape index (κ1) is 18.8. The SMILES string of the molecule is CCOc1ccc2nc(-c3cccnc3)nc(-n3cnc4cc(Cl)c(Cl)cc43)c2c1. The summed E-state index contributed by atoms with van der Waals surface area (Å²) in [7, 11) is 0. The van der Waals surface area contributed by atoms with Crippen molar-refractivity contribution in [3.8, 4) is 23.0 Å². The lowest BCUT2D eigenvalue weighted by atomic mass is 10.2. The van der Waals surface area contributed by atoms with Gasteiger partial charge in [0.1, 0.15) is 12.1 Å². The van der Waals surface area contributed by atoms with Crippen molar-refractivity contribution in [3.63, 3.8) is 0 Å². The van der Waals surface area contributed by atoms with Crippen molar-refractivity contribution in [3.05, 3.63) is 71.2 Å². The van der Waals surface area contributed by atoms with Gasteiger partial charge < -0.3 is 4.74 Å². The van der Waals surface area contributed by atoms with Crippen LogP contribution in [0.25, 0.3) is 39.1 Å². The Morgan fingerprint density at radius 1 is 1.00 bits per heavy atom. The summed E-state index contributed by atoms with van der Waals surface area (Å²) in [5.74, 6) is 1.98. The van der Waals surface area contributed by atoms with Crippen LogP contribution in [0.1, 0.15) is 6.92 Å². The summed E-state index contributed by atoms with van der Waals surface area (Å²) in [5, 5.41) is 1.74. The van der Waals surface area contributed by atoms with Gasteiger partial charge in [-0.3, -0.25) is 9.55 Å². The Labute approximate surface area is 182 Å². The number of fused-ring (bicyclic) bond motifs is 2. The number of rotatable bonds is 4. The third-order valence-corrected chi connectivity index (χ3v) is 5.42. The van der Waals surface area contributed by atoms with E-state index in [0.717, 1.165) is 33.2 Å². The van der Waals surface area contributed by atoms with E-state index in [2.05, 4.69) is 9.97 Å². The molecule has 0 radical (unpaired) electrons. The zero-order chi connectivity index (χ0) is 20.7. The number of aromatic nitrogens is 5. The van der Waals surface area contributed by atoms with E-state index in [1.54, 1.807) is 30.9 Å². The Morgan fingerprint density at radius 2 is 1.87 bits per heavy atom. The van der Waals surface area contributed by atoms with Crippen molar-refractivity contribution in [2.24, 2.45) is 0 Å². The maximum absolute atomic E-state index is 6.28. The van der Waals surface area contributed by atoms with Gasteiger partial charge in [-0.15, -0.1) is 0 Å². The third kappa shape index (κ3) is 3.24. The molecule has 30 heavy (non-hydrogen) atoms. The highest BCUT2D eigenvalue weighted by Gasteiger charge is 2.16. The monoisotopic (exact) mass is 435 g/mol. The van der Waals surface area contributed by atoms with Crippen LogP contribution in [-0.4, -0.2) is 31.1 Å². The Kier molecular flexibility index (Phi) is 4.73. The normalized spacial score (nSPS) is 11.3. The quantitative estimate of drug-likeness (QED) is 0.360. The maximum Gasteiger partial charge on any atom is 0.163 e. The van der Waals surface area contributed by atoms with Crippen LogP contribution in [0.4, 0.5) is 0 Å². The van der Waals surface area contributed by atoms with Gasteiger partial charge in [-0.25, -0.2) is 15.0 Å². The highest BCUT2D eigenvalue weighted by Crippen LogP contribution is 2.32. The highest BCUT2D eigenvalue weighted by molar-refractivity contribution is 6.42. The lowest BCUT2D eigenvalue weighted by molar-refractivity contribution is 0.340. The molecular formula is C22H15Cl2N5O. The summed E-state index contributed by atoms with van der Waals surface area (Å²) in [6.45, 7) is 2.51. The van der Waals surface area contributed by atoms with Gasteiger partial charge in [0.2, 0.25) is 0 Å². The van der Waals surface area contributed by atoms with Gasteiger partial charge >= 0.3 is 0 Å². The van der Waals surface area contributed by atoms with Crippen LogP contribution in [0.3, 0.4) is 0 Å². The molecule has 6 nitrogen and oxygen atoms in total. The zero-order valence-electron chi connectivity index (χ0n) is 15.9. The van der Waals surface area contributed by atoms with Crippen LogP contribution in [0, 0.1) is 0 Å². The van der Waals surface area contributed by atoms with Gasteiger partial charge in [-0.2, -0.15) is 0 Å². The topological polar surface area (TPSA) is 65.7 Å². The second-order valence-electron chi connectivity index (χ2n) is 6.59. The molecule has 0 spiro atoms. The number of nitrogens with zero attached hydrogens (tertiary/aromatic N) is 5. The molecule has 3 aromatic heterocycles. The van der Waals surface area contributed by atoms with E-state index in [1.165, 1.54) is 0 Å². The van der Waals surface area contributed by atoms with Crippen molar-refractivity contribution in [1.82, 2.24) is 24.5 Å². The van der Waals surface area contributed by atoms with E-state index < -0.39 is 0 Å². The summed E-state index contributed by atoms with van der Waals surface area (Å²) >= 11 is 12.5. The second kappa shape index (κ2) is 7.55. The molecule has 0 N–H and O–H groups in total. The minimum atomic E-state index is 0.451. The first-order valence-electron chi connectivity index (χ1n) is 9.31. The van der Waals surface area contributed by atoms with Gasteiger partial charge in [0.05, 0.1) is 33.2 Å². The standard InChI is InChI=1S/C22H15Cl2N5O/c1-2-30-14-5-6-18-15(8-14)22(28-21(27-18)13-4-3-7-25-11-13)29-12-26-19-9-16(23)17(24)10-20(19)29/h3-12H,2H2,1H3. The molecule has 5 aromatic rings. The molecule has 3 heterocycles. The van der Waals surface area contributed by atoms with Crippen LogP contribution in [0.15, 0.2) is 61.2 Å². The molecule has 2 aromatic carbocycles. The largest absolute Gasteiger partial charge is 0.494 e. The molecule has 0 fully saturated rings. The molecular weight excluding hydrogens is 421 g/mol. The van der Waals surface area contributed by atoms with E-state index in [4.69, 9.17) is 37.9 Å². The summed E-state index contributed by atoms with van der Waals surface area (Å²) < 4.78 is 7.58. The van der Waals surface area contributed by atoms with Crippen LogP contribution in [0.2, 0.25) is 10.0 Å². The van der Waals surface area contributed by atoms with Crippen LogP contribution >= 0.6 is 23.2 Å². The minimum absolute atomic E-state index is 0.451. The average molecular weight is 436 g/mol. The van der Waals surface area contributed by atoms with Crippen LogP contribution in [-0.2, 0) is 0 Å². The molecule has 0 aliphatic rings. The molecule has 0 aliphatic heterocycles. The van der Waals surface area contributed by atoms with Crippen LogP contribution < -0.4 is 4.74 Å². The minimum Gasteiger partial charge on any atom is -0.494 e. The second-order valence-corrected chi connectivity index (χ2v) is 7.41. The Morgan fingerprint density at radius 3 is 2.67 bits per heavy atom. The fraction of sp³-hybridized carbons (Fsp3) is 0.0909. The number of imidazole rings is 1. The van der Waals surface area contributed by atoms with E-state index >= 15 is 0 Å². The predicted octanol–water partition coefficient (Wildman–Crippen LogP) is 5.74. The molecule has 0 saturated heterocycles. The molecule has 0 atom stereocenters. The van der Waals surface area contributed by atoms with Crippen LogP contribution in [0.5, 0.6) is 5.75 Å². The first-order chi connectivity index (χ1) is 14.6. The lowest BCUT2D eigenvalue weighted by Gasteiger charge is -2.12. The molecule has 0 saturated carbocycles. The Bertz CT molecular complexity index is 1390. The summed E-state index contributed by atoms with van der Waals surface area (Å²) in [5.41, 5.74) is 3.12. The first-order valence-corrected chi connectivity index (χ1v) is 10.1. The smallest absolute Gasteiger partial charge is 0.163 e. The summed E-state index contributed by atoms with van der Waals surface area (Å²) in [4.78, 5) is 18.3. The Balaban J connectivity index is 1.82. The predicted molar refractivity (Wildman–Crippen MR) is 119 cm³/mol. The number of pyridine rings is 1. The van der Waals surface area contributed by atoms with E-state index in [1.807, 2.05) is 41.8 Å². The van der Waals surface area contributed by atoms with Gasteiger partial charge in [-0.1, -0.05) is 23.2 Å². The highest BCUT2D eigenvalue weighted by atomic mass is 35.5. The van der Waals surface area contributed by atoms with E-state index in [9.17, 15) is 0 Å². The number of halogens is 2. The molecule has 0 amide bonds. The van der Waals surface area contributed by atoms with Crippen molar-refractivity contribution in [1.29, 1.82) is 0 Å². The van der Waals surface area contributed by atoms with Gasteiger partial charge in [0.15, 0.2) is 11.6 Å². The molecule has 0 bridgehead atoms.